The Bertz CT molecular complexity index is 1550. The molecular formula is C28H23FN4O4S. The number of ether oxygens (including phenoxy) is 1. The number of oxime groups is 1. The summed E-state index contributed by atoms with van der Waals surface area (Å²) in [5.74, 6) is -1.31. The maximum absolute atomic E-state index is 14.9. The van der Waals surface area contributed by atoms with Gasteiger partial charge in [-0.15, -0.1) is 11.3 Å². The summed E-state index contributed by atoms with van der Waals surface area (Å²) in [6.45, 7) is 1.93. The van der Waals surface area contributed by atoms with Crippen LogP contribution >= 0.6 is 11.3 Å². The van der Waals surface area contributed by atoms with E-state index in [1.807, 2.05) is 25.1 Å². The van der Waals surface area contributed by atoms with E-state index in [1.165, 1.54) is 29.7 Å². The molecule has 4 rings (SSSR count). The number of hydrogen-bond acceptors (Lipinski definition) is 7. The highest BCUT2D eigenvalue weighted by atomic mass is 32.1. The van der Waals surface area contributed by atoms with Gasteiger partial charge < -0.3 is 20.6 Å². The minimum Gasteiger partial charge on any atom is -0.453 e. The molecule has 8 nitrogen and oxygen atoms in total. The Balaban J connectivity index is 1.43. The monoisotopic (exact) mass is 530 g/mol. The summed E-state index contributed by atoms with van der Waals surface area (Å²) in [5.41, 5.74) is 2.45. The molecule has 38 heavy (non-hydrogen) atoms. The normalized spacial score (nSPS) is 11.8. The Morgan fingerprint density at radius 1 is 1.03 bits per heavy atom. The largest absolute Gasteiger partial charge is 0.453 e. The average Bonchev–Trinajstić information content (AvgIpc) is 3.34. The van der Waals surface area contributed by atoms with Gasteiger partial charge in [0.15, 0.2) is 11.6 Å². The molecule has 2 amide bonds. The van der Waals surface area contributed by atoms with E-state index in [9.17, 15) is 14.0 Å². The van der Waals surface area contributed by atoms with Crippen LogP contribution in [-0.2, 0) is 9.59 Å². The molecule has 3 N–H and O–H groups in total. The molecule has 0 bridgehead atoms. The smallest absolute Gasteiger partial charge is 0.233 e. The highest BCUT2D eigenvalue weighted by molar-refractivity contribution is 7.20. The van der Waals surface area contributed by atoms with Crippen LogP contribution in [0.3, 0.4) is 0 Å². The van der Waals surface area contributed by atoms with Crippen molar-refractivity contribution < 1.29 is 23.9 Å². The Morgan fingerprint density at radius 2 is 1.79 bits per heavy atom. The van der Waals surface area contributed by atoms with Gasteiger partial charge in [-0.25, -0.2) is 4.39 Å². The van der Waals surface area contributed by atoms with Gasteiger partial charge in [0.2, 0.25) is 11.8 Å². The molecule has 0 aliphatic heterocycles. The number of carbonyl (C=O) groups is 2. The van der Waals surface area contributed by atoms with Crippen LogP contribution in [0, 0.1) is 5.82 Å². The van der Waals surface area contributed by atoms with Crippen molar-refractivity contribution in [2.45, 2.75) is 13.3 Å². The van der Waals surface area contributed by atoms with Gasteiger partial charge in [0, 0.05) is 34.6 Å². The number of allylic oxidation sites excluding steroid dienone is 4. The van der Waals surface area contributed by atoms with Crippen LogP contribution in [0.4, 0.5) is 15.8 Å². The summed E-state index contributed by atoms with van der Waals surface area (Å²) in [6.07, 6.45) is 7.63. The Hall–Kier alpha value is -4.83. The lowest BCUT2D eigenvalue weighted by molar-refractivity contribution is -0.123. The van der Waals surface area contributed by atoms with E-state index in [0.717, 1.165) is 21.2 Å². The van der Waals surface area contributed by atoms with E-state index < -0.39 is 24.1 Å². The van der Waals surface area contributed by atoms with E-state index in [-0.39, 0.29) is 11.4 Å². The Kier molecular flexibility index (Phi) is 8.57. The second kappa shape index (κ2) is 12.4. The molecule has 0 saturated heterocycles. The second-order valence-corrected chi connectivity index (χ2v) is 9.07. The Morgan fingerprint density at radius 3 is 2.53 bits per heavy atom. The summed E-state index contributed by atoms with van der Waals surface area (Å²) in [4.78, 5) is 29.6. The number of anilines is 2. The van der Waals surface area contributed by atoms with Crippen molar-refractivity contribution in [2.75, 3.05) is 10.6 Å². The highest BCUT2D eigenvalue weighted by Gasteiger charge is 2.15. The van der Waals surface area contributed by atoms with Gasteiger partial charge in [0.25, 0.3) is 0 Å². The first kappa shape index (κ1) is 26.2. The minimum atomic E-state index is -0.676. The van der Waals surface area contributed by atoms with Crippen LogP contribution in [0.15, 0.2) is 90.2 Å². The maximum atomic E-state index is 14.9. The molecule has 0 radical (unpaired) electrons. The number of hydrogen-bond donors (Lipinski definition) is 3. The maximum Gasteiger partial charge on any atom is 0.233 e. The van der Waals surface area contributed by atoms with E-state index >= 15 is 0 Å². The van der Waals surface area contributed by atoms with Gasteiger partial charge in [0.05, 0.1) is 16.4 Å². The zero-order valence-corrected chi connectivity index (χ0v) is 21.0. The third-order valence-electron chi connectivity index (χ3n) is 5.19. The third-order valence-corrected chi connectivity index (χ3v) is 6.46. The first-order valence-electron chi connectivity index (χ1n) is 11.4. The molecule has 0 saturated carbocycles. The molecule has 0 aliphatic carbocycles. The number of halogens is 1. The molecule has 4 aromatic rings. The van der Waals surface area contributed by atoms with Gasteiger partial charge in [-0.2, -0.15) is 0 Å². The van der Waals surface area contributed by atoms with Crippen LogP contribution in [0.5, 0.6) is 11.5 Å². The van der Waals surface area contributed by atoms with Crippen molar-refractivity contribution in [2.24, 2.45) is 5.16 Å². The molecule has 0 fully saturated rings. The summed E-state index contributed by atoms with van der Waals surface area (Å²) in [7, 11) is 0. The fourth-order valence-electron chi connectivity index (χ4n) is 3.42. The quantitative estimate of drug-likeness (QED) is 0.0741. The molecule has 2 aromatic carbocycles. The average molecular weight is 531 g/mol. The second-order valence-electron chi connectivity index (χ2n) is 8.02. The molecule has 0 atom stereocenters. The van der Waals surface area contributed by atoms with Crippen molar-refractivity contribution in [3.8, 4) is 11.5 Å². The number of nitrogens with zero attached hydrogens (tertiary/aromatic N) is 2. The van der Waals surface area contributed by atoms with E-state index in [1.54, 1.807) is 48.7 Å². The van der Waals surface area contributed by atoms with Gasteiger partial charge in [-0.3, -0.25) is 14.6 Å². The zero-order valence-electron chi connectivity index (χ0n) is 20.2. The SMILES string of the molecule is C\C(=C/C=C\C=N\O)c1cc2nccc(Oc3ccc(NC(=O)CC(=O)Nc4ccccc4)cc3F)c2s1. The van der Waals surface area contributed by atoms with E-state index in [0.29, 0.717) is 17.0 Å². The summed E-state index contributed by atoms with van der Waals surface area (Å²) < 4.78 is 21.5. The molecule has 2 aromatic heterocycles. The lowest BCUT2D eigenvalue weighted by Gasteiger charge is -2.10. The van der Waals surface area contributed by atoms with Crippen LogP contribution in [0.2, 0.25) is 0 Å². The Labute approximate surface area is 221 Å². The number of aromatic nitrogens is 1. The number of para-hydroxylation sites is 1. The molecule has 0 aliphatic rings. The molecule has 0 unspecified atom stereocenters. The number of carbonyl (C=O) groups excluding carboxylic acids is 2. The lowest BCUT2D eigenvalue weighted by atomic mass is 10.2. The molecular weight excluding hydrogens is 507 g/mol. The minimum absolute atomic E-state index is 0.0224. The van der Waals surface area contributed by atoms with Crippen molar-refractivity contribution in [1.29, 1.82) is 0 Å². The zero-order chi connectivity index (χ0) is 26.9. The summed E-state index contributed by atoms with van der Waals surface area (Å²) in [5, 5.41) is 16.5. The lowest BCUT2D eigenvalue weighted by Crippen LogP contribution is -2.21. The van der Waals surface area contributed by atoms with E-state index in [4.69, 9.17) is 9.94 Å². The van der Waals surface area contributed by atoms with Gasteiger partial charge in [-0.1, -0.05) is 35.5 Å². The first-order valence-corrected chi connectivity index (χ1v) is 12.3. The summed E-state index contributed by atoms with van der Waals surface area (Å²) in [6, 6.07) is 16.4. The number of nitrogens with one attached hydrogen (secondary N) is 2. The number of pyridine rings is 1. The molecule has 192 valence electrons. The van der Waals surface area contributed by atoms with Gasteiger partial charge in [0.1, 0.15) is 12.2 Å². The standard InChI is InChI=1S/C28H23FN4O4S/c1-18(7-5-6-13-31-36)25-16-22-28(38-25)24(12-14-30-22)37-23-11-10-20(15-21(23)29)33-27(35)17-26(34)32-19-8-3-2-4-9-19/h2-16,36H,17H2,1H3,(H,32,34)(H,33,35)/b6-5-,18-7+,31-13+. The van der Waals surface area contributed by atoms with Crippen LogP contribution in [-0.4, -0.2) is 28.2 Å². The van der Waals surface area contributed by atoms with E-state index in [2.05, 4.69) is 20.8 Å². The summed E-state index contributed by atoms with van der Waals surface area (Å²) >= 11 is 1.45. The number of rotatable bonds is 9. The number of benzene rings is 2. The fraction of sp³-hybridized carbons (Fsp3) is 0.0714. The van der Waals surface area contributed by atoms with Gasteiger partial charge in [-0.05, 0) is 48.9 Å². The molecule has 2 heterocycles. The number of thiophene rings is 1. The van der Waals surface area contributed by atoms with Crippen molar-refractivity contribution in [3.05, 3.63) is 95.8 Å². The van der Waals surface area contributed by atoms with Crippen molar-refractivity contribution >= 4 is 56.5 Å². The third kappa shape index (κ3) is 6.89. The molecule has 0 spiro atoms. The van der Waals surface area contributed by atoms with Crippen LogP contribution in [0.25, 0.3) is 15.8 Å². The number of fused-ring (bicyclic) bond motifs is 1. The van der Waals surface area contributed by atoms with Crippen LogP contribution in [0.1, 0.15) is 18.2 Å². The van der Waals surface area contributed by atoms with Crippen LogP contribution < -0.4 is 15.4 Å². The van der Waals surface area contributed by atoms with Crippen molar-refractivity contribution in [1.82, 2.24) is 4.98 Å². The number of amides is 2. The predicted octanol–water partition coefficient (Wildman–Crippen LogP) is 6.61. The first-order chi connectivity index (χ1) is 18.4. The van der Waals surface area contributed by atoms with Gasteiger partial charge >= 0.3 is 0 Å². The highest BCUT2D eigenvalue weighted by Crippen LogP contribution is 2.38. The predicted molar refractivity (Wildman–Crippen MR) is 147 cm³/mol. The van der Waals surface area contributed by atoms with Crippen molar-refractivity contribution in [3.63, 3.8) is 0 Å². The topological polar surface area (TPSA) is 113 Å². The molecule has 10 heteroatoms. The fourth-order valence-corrected chi connectivity index (χ4v) is 4.46.